The first-order valence-electron chi connectivity index (χ1n) is 9.67. The number of carbonyl (C=O) groups excluding carboxylic acids is 1. The highest BCUT2D eigenvalue weighted by Crippen LogP contribution is 2.38. The zero-order chi connectivity index (χ0) is 20.4. The van der Waals surface area contributed by atoms with E-state index in [4.69, 9.17) is 9.15 Å². The van der Waals surface area contributed by atoms with Gasteiger partial charge in [0.05, 0.1) is 25.0 Å². The number of hydrogen-bond acceptors (Lipinski definition) is 4. The van der Waals surface area contributed by atoms with E-state index in [-0.39, 0.29) is 23.5 Å². The number of aryl methyl sites for hydroxylation is 1. The number of quaternary nitrogens is 1. The smallest absolute Gasteiger partial charge is 0.291 e. The van der Waals surface area contributed by atoms with E-state index in [2.05, 4.69) is 19.2 Å². The molecule has 0 aliphatic carbocycles. The first-order chi connectivity index (χ1) is 14.0. The lowest BCUT2D eigenvalue weighted by Crippen LogP contribution is -3.14. The van der Waals surface area contributed by atoms with E-state index in [1.54, 1.807) is 23.5 Å². The van der Waals surface area contributed by atoms with Crippen LogP contribution in [0.3, 0.4) is 0 Å². The topological polar surface area (TPSA) is 55.9 Å². The van der Waals surface area contributed by atoms with Crippen molar-refractivity contribution in [2.45, 2.75) is 19.9 Å². The van der Waals surface area contributed by atoms with Gasteiger partial charge in [0, 0.05) is 10.4 Å². The SMILES string of the molecule is Cc1sc(NC(=O)c2ccco2)c([C@H](c2ccc(F)cc2)[NH+]2CCOCC2)c1C. The van der Waals surface area contributed by atoms with Gasteiger partial charge in [0.2, 0.25) is 0 Å². The maximum absolute atomic E-state index is 13.6. The summed E-state index contributed by atoms with van der Waals surface area (Å²) in [6.07, 6.45) is 1.49. The maximum Gasteiger partial charge on any atom is 0.291 e. The number of rotatable bonds is 5. The number of morpholine rings is 1. The summed E-state index contributed by atoms with van der Waals surface area (Å²) in [4.78, 5) is 15.1. The lowest BCUT2D eigenvalue weighted by Gasteiger charge is -2.32. The van der Waals surface area contributed by atoms with Crippen LogP contribution in [0.25, 0.3) is 0 Å². The Kier molecular flexibility index (Phi) is 5.80. The molecule has 29 heavy (non-hydrogen) atoms. The number of benzene rings is 1. The molecule has 1 aliphatic heterocycles. The van der Waals surface area contributed by atoms with Crippen LogP contribution in [0.2, 0.25) is 0 Å². The summed E-state index contributed by atoms with van der Waals surface area (Å²) in [5, 5.41) is 3.86. The largest absolute Gasteiger partial charge is 0.459 e. The number of halogens is 1. The van der Waals surface area contributed by atoms with Crippen LogP contribution in [-0.4, -0.2) is 32.2 Å². The molecule has 1 atom stereocenters. The van der Waals surface area contributed by atoms with E-state index in [1.807, 2.05) is 12.1 Å². The Labute approximate surface area is 173 Å². The summed E-state index contributed by atoms with van der Waals surface area (Å²) in [5.74, 6) is -0.252. The molecule has 3 heterocycles. The van der Waals surface area contributed by atoms with Crippen molar-refractivity contribution in [3.8, 4) is 0 Å². The van der Waals surface area contributed by atoms with Crippen LogP contribution in [0.15, 0.2) is 47.1 Å². The average molecular weight is 416 g/mol. The summed E-state index contributed by atoms with van der Waals surface area (Å²) in [7, 11) is 0. The Bertz CT molecular complexity index is 976. The van der Waals surface area contributed by atoms with Crippen molar-refractivity contribution in [3.63, 3.8) is 0 Å². The van der Waals surface area contributed by atoms with Crippen LogP contribution in [0, 0.1) is 19.7 Å². The van der Waals surface area contributed by atoms with E-state index in [0.717, 1.165) is 39.7 Å². The number of carbonyl (C=O) groups is 1. The molecule has 2 aromatic heterocycles. The second-order valence-corrected chi connectivity index (χ2v) is 8.44. The van der Waals surface area contributed by atoms with Gasteiger partial charge in [-0.15, -0.1) is 11.3 Å². The van der Waals surface area contributed by atoms with E-state index in [9.17, 15) is 9.18 Å². The summed E-state index contributed by atoms with van der Waals surface area (Å²) < 4.78 is 24.4. The molecule has 0 saturated carbocycles. The lowest BCUT2D eigenvalue weighted by molar-refractivity contribution is -0.933. The van der Waals surface area contributed by atoms with Gasteiger partial charge in [-0.1, -0.05) is 0 Å². The molecule has 0 spiro atoms. The van der Waals surface area contributed by atoms with E-state index < -0.39 is 0 Å². The van der Waals surface area contributed by atoms with E-state index in [1.165, 1.54) is 23.3 Å². The minimum absolute atomic E-state index is 0.0173. The molecule has 0 bridgehead atoms. The number of nitrogens with one attached hydrogen (secondary N) is 2. The third-order valence-electron chi connectivity index (χ3n) is 5.44. The Hall–Kier alpha value is -2.48. The minimum Gasteiger partial charge on any atom is -0.459 e. The molecule has 0 unspecified atom stereocenters. The third kappa shape index (κ3) is 4.12. The fraction of sp³-hybridized carbons (Fsp3) is 0.318. The fourth-order valence-electron chi connectivity index (χ4n) is 3.84. The van der Waals surface area contributed by atoms with Gasteiger partial charge in [-0.05, 0) is 55.8 Å². The van der Waals surface area contributed by atoms with Crippen molar-refractivity contribution >= 4 is 22.2 Å². The maximum atomic E-state index is 13.6. The zero-order valence-electron chi connectivity index (χ0n) is 16.5. The molecule has 1 fully saturated rings. The monoisotopic (exact) mass is 415 g/mol. The van der Waals surface area contributed by atoms with Gasteiger partial charge >= 0.3 is 0 Å². The summed E-state index contributed by atoms with van der Waals surface area (Å²) in [5.41, 5.74) is 3.26. The van der Waals surface area contributed by atoms with Gasteiger partial charge in [0.25, 0.3) is 5.91 Å². The summed E-state index contributed by atoms with van der Waals surface area (Å²) in [6.45, 7) is 7.21. The van der Waals surface area contributed by atoms with Crippen molar-refractivity contribution in [2.75, 3.05) is 31.6 Å². The molecule has 5 nitrogen and oxygen atoms in total. The minimum atomic E-state index is -0.271. The van der Waals surface area contributed by atoms with Crippen LogP contribution >= 0.6 is 11.3 Å². The third-order valence-corrected chi connectivity index (χ3v) is 6.58. The molecule has 152 valence electrons. The van der Waals surface area contributed by atoms with Crippen molar-refractivity contribution in [3.05, 3.63) is 75.8 Å². The molecular formula is C22H24FN2O3S+. The highest BCUT2D eigenvalue weighted by Gasteiger charge is 2.33. The Morgan fingerprint density at radius 1 is 1.17 bits per heavy atom. The van der Waals surface area contributed by atoms with Gasteiger partial charge < -0.3 is 19.4 Å². The van der Waals surface area contributed by atoms with Crippen molar-refractivity contribution in [1.82, 2.24) is 0 Å². The predicted molar refractivity (Wildman–Crippen MR) is 110 cm³/mol. The quantitative estimate of drug-likeness (QED) is 0.672. The highest BCUT2D eigenvalue weighted by molar-refractivity contribution is 7.16. The van der Waals surface area contributed by atoms with Crippen molar-refractivity contribution in [1.29, 1.82) is 0 Å². The molecule has 1 saturated heterocycles. The van der Waals surface area contributed by atoms with Gasteiger partial charge in [0.15, 0.2) is 5.76 Å². The predicted octanol–water partition coefficient (Wildman–Crippen LogP) is 3.35. The van der Waals surface area contributed by atoms with E-state index >= 15 is 0 Å². The number of anilines is 1. The van der Waals surface area contributed by atoms with Crippen LogP contribution in [-0.2, 0) is 4.74 Å². The first-order valence-corrected chi connectivity index (χ1v) is 10.5. The van der Waals surface area contributed by atoms with Crippen LogP contribution in [0.4, 0.5) is 9.39 Å². The molecule has 7 heteroatoms. The normalized spacial score (nSPS) is 16.0. The Morgan fingerprint density at radius 2 is 1.90 bits per heavy atom. The van der Waals surface area contributed by atoms with Gasteiger partial charge in [0.1, 0.15) is 29.9 Å². The molecule has 1 amide bonds. The van der Waals surface area contributed by atoms with Gasteiger partial charge in [-0.2, -0.15) is 0 Å². The van der Waals surface area contributed by atoms with E-state index in [0.29, 0.717) is 13.2 Å². The second-order valence-electron chi connectivity index (χ2n) is 7.21. The molecule has 3 aromatic rings. The van der Waals surface area contributed by atoms with Gasteiger partial charge in [-0.25, -0.2) is 4.39 Å². The second kappa shape index (κ2) is 8.49. The van der Waals surface area contributed by atoms with Crippen LogP contribution in [0.1, 0.15) is 38.2 Å². The number of amides is 1. The van der Waals surface area contributed by atoms with Crippen molar-refractivity contribution < 1.29 is 23.2 Å². The fourth-order valence-corrected chi connectivity index (χ4v) is 4.94. The number of furan rings is 1. The zero-order valence-corrected chi connectivity index (χ0v) is 17.3. The first kappa shape index (κ1) is 19.8. The standard InChI is InChI=1S/C22H23FN2O3S/c1-14-15(2)29-22(24-21(26)18-4-3-11-28-18)19(14)20(25-9-12-27-13-10-25)16-5-7-17(23)8-6-16/h3-8,11,20H,9-10,12-13H2,1-2H3,(H,24,26)/p+1/t20-/m0/s1. The number of hydrogen-bond donors (Lipinski definition) is 2. The highest BCUT2D eigenvalue weighted by atomic mass is 32.1. The summed E-state index contributed by atoms with van der Waals surface area (Å²) >= 11 is 1.56. The number of ether oxygens (including phenoxy) is 1. The molecule has 1 aromatic carbocycles. The van der Waals surface area contributed by atoms with Crippen LogP contribution in [0.5, 0.6) is 0 Å². The molecule has 4 rings (SSSR count). The number of thiophene rings is 1. The average Bonchev–Trinajstić information content (AvgIpc) is 3.35. The Balaban J connectivity index is 1.77. The Morgan fingerprint density at radius 3 is 2.55 bits per heavy atom. The lowest BCUT2D eigenvalue weighted by atomic mass is 9.94. The van der Waals surface area contributed by atoms with Crippen molar-refractivity contribution in [2.24, 2.45) is 0 Å². The molecule has 2 N–H and O–H groups in total. The molecule has 1 aliphatic rings. The molecule has 0 radical (unpaired) electrons. The van der Waals surface area contributed by atoms with Crippen LogP contribution < -0.4 is 10.2 Å². The molecular weight excluding hydrogens is 391 g/mol. The van der Waals surface area contributed by atoms with Gasteiger partial charge in [-0.3, -0.25) is 4.79 Å². The summed E-state index contributed by atoms with van der Waals surface area (Å²) in [6, 6.07) is 10.00.